The fourth-order valence-electron chi connectivity index (χ4n) is 3.86. The molecule has 0 aliphatic carbocycles. The van der Waals surface area contributed by atoms with Crippen LogP contribution in [-0.4, -0.2) is 35.3 Å². The predicted molar refractivity (Wildman–Crippen MR) is 132 cm³/mol. The maximum Gasteiger partial charge on any atom is 0.329 e. The number of esters is 1. The summed E-state index contributed by atoms with van der Waals surface area (Å²) in [5.74, 6) is -1.32. The second-order valence-corrected chi connectivity index (χ2v) is 8.08. The fourth-order valence-corrected chi connectivity index (χ4v) is 3.86. The summed E-state index contributed by atoms with van der Waals surface area (Å²) in [5.41, 5.74) is 0.715. The Morgan fingerprint density at radius 1 is 0.848 bits per heavy atom. The molecule has 178 valence electrons. The number of hydrogen-bond donors (Lipinski definition) is 0. The van der Waals surface area contributed by atoms with Gasteiger partial charge in [0.25, 0.3) is 11.8 Å². The minimum atomic E-state index is -0.865. The van der Waals surface area contributed by atoms with Gasteiger partial charge in [-0.25, -0.2) is 4.79 Å². The van der Waals surface area contributed by atoms with Gasteiger partial charge in [-0.3, -0.25) is 14.5 Å². The van der Waals surface area contributed by atoms with E-state index >= 15 is 0 Å². The lowest BCUT2D eigenvalue weighted by atomic mass is 10.0. The van der Waals surface area contributed by atoms with E-state index in [1.807, 2.05) is 0 Å². The van der Waals surface area contributed by atoms with Gasteiger partial charge in [-0.15, -0.1) is 0 Å². The summed E-state index contributed by atoms with van der Waals surface area (Å²) in [6.07, 6.45) is 21.5. The molecule has 0 fully saturated rings. The van der Waals surface area contributed by atoms with Crippen molar-refractivity contribution in [3.8, 4) is 0 Å². The fraction of sp³-hybridized carbons (Fsp3) is 0.464. The Kier molecular flexibility index (Phi) is 11.9. The molecule has 0 saturated carbocycles. The highest BCUT2D eigenvalue weighted by molar-refractivity contribution is 6.22. The standard InChI is InChI=1S/C28H37NO4/c1-3-5-6-7-8-9-10-11-12-13-14-15-16-17-22-25(28(32)33-4-2)29-26(30)23-20-18-19-21-24(23)27(29)31/h5-6,8-9,11-12,18-21,25H,3-4,7,10,13-17,22H2,1-2H3/b6-5-,9-8-,12-11-. The van der Waals surface area contributed by atoms with Crippen LogP contribution in [0.2, 0.25) is 0 Å². The molecule has 2 rings (SSSR count). The number of carbonyl (C=O) groups excluding carboxylic acids is 3. The first kappa shape index (κ1) is 26.3. The number of unbranched alkanes of at least 4 members (excludes halogenated alkanes) is 4. The lowest BCUT2D eigenvalue weighted by molar-refractivity contribution is -0.148. The van der Waals surface area contributed by atoms with E-state index in [9.17, 15) is 14.4 Å². The van der Waals surface area contributed by atoms with Crippen LogP contribution in [0, 0.1) is 0 Å². The largest absolute Gasteiger partial charge is 0.464 e. The van der Waals surface area contributed by atoms with Gasteiger partial charge < -0.3 is 4.74 Å². The van der Waals surface area contributed by atoms with Gasteiger partial charge in [-0.05, 0) is 57.6 Å². The lowest BCUT2D eigenvalue weighted by Gasteiger charge is -2.24. The van der Waals surface area contributed by atoms with Crippen molar-refractivity contribution in [1.82, 2.24) is 4.90 Å². The number of allylic oxidation sites excluding steroid dienone is 6. The predicted octanol–water partition coefficient (Wildman–Crippen LogP) is 6.41. The molecule has 5 heteroatoms. The van der Waals surface area contributed by atoms with Crippen LogP contribution in [0.3, 0.4) is 0 Å². The zero-order valence-corrected chi connectivity index (χ0v) is 20.0. The molecule has 1 aliphatic rings. The Morgan fingerprint density at radius 3 is 2.03 bits per heavy atom. The number of amides is 2. The van der Waals surface area contributed by atoms with Crippen molar-refractivity contribution in [1.29, 1.82) is 0 Å². The molecule has 33 heavy (non-hydrogen) atoms. The van der Waals surface area contributed by atoms with Gasteiger partial charge in [-0.2, -0.15) is 0 Å². The molecule has 0 aromatic heterocycles. The second-order valence-electron chi connectivity index (χ2n) is 8.08. The van der Waals surface area contributed by atoms with Crippen LogP contribution in [0.1, 0.15) is 92.4 Å². The zero-order valence-electron chi connectivity index (χ0n) is 20.0. The average molecular weight is 452 g/mol. The minimum Gasteiger partial charge on any atom is -0.464 e. The van der Waals surface area contributed by atoms with Crippen molar-refractivity contribution in [2.45, 2.75) is 77.7 Å². The summed E-state index contributed by atoms with van der Waals surface area (Å²) in [5, 5.41) is 0. The Hall–Kier alpha value is -2.95. The van der Waals surface area contributed by atoms with E-state index in [4.69, 9.17) is 4.74 Å². The van der Waals surface area contributed by atoms with Gasteiger partial charge in [-0.1, -0.05) is 74.8 Å². The number of fused-ring (bicyclic) bond motifs is 1. The summed E-state index contributed by atoms with van der Waals surface area (Å²) in [6.45, 7) is 4.08. The van der Waals surface area contributed by atoms with Crippen molar-refractivity contribution in [3.05, 3.63) is 71.8 Å². The van der Waals surface area contributed by atoms with Gasteiger partial charge in [0, 0.05) is 0 Å². The van der Waals surface area contributed by atoms with E-state index in [1.165, 1.54) is 0 Å². The molecular weight excluding hydrogens is 414 g/mol. The highest BCUT2D eigenvalue weighted by Crippen LogP contribution is 2.27. The molecular formula is C28H37NO4. The highest BCUT2D eigenvalue weighted by atomic mass is 16.5. The number of nitrogens with zero attached hydrogens (tertiary/aromatic N) is 1. The van der Waals surface area contributed by atoms with Gasteiger partial charge in [0.1, 0.15) is 6.04 Å². The monoisotopic (exact) mass is 451 g/mol. The molecule has 0 spiro atoms. The molecule has 0 saturated heterocycles. The molecule has 1 aromatic carbocycles. The quantitative estimate of drug-likeness (QED) is 0.134. The molecule has 1 aromatic rings. The van der Waals surface area contributed by atoms with Gasteiger partial charge >= 0.3 is 5.97 Å². The number of imide groups is 1. The number of benzene rings is 1. The summed E-state index contributed by atoms with van der Waals surface area (Å²) in [6, 6.07) is 5.84. The van der Waals surface area contributed by atoms with E-state index in [0.29, 0.717) is 17.5 Å². The average Bonchev–Trinajstić information content (AvgIpc) is 3.07. The van der Waals surface area contributed by atoms with Crippen molar-refractivity contribution < 1.29 is 19.1 Å². The van der Waals surface area contributed by atoms with Gasteiger partial charge in [0.2, 0.25) is 0 Å². The molecule has 5 nitrogen and oxygen atoms in total. The van der Waals surface area contributed by atoms with E-state index < -0.39 is 23.8 Å². The first-order valence-corrected chi connectivity index (χ1v) is 12.2. The van der Waals surface area contributed by atoms with Crippen LogP contribution in [0.4, 0.5) is 0 Å². The summed E-state index contributed by atoms with van der Waals surface area (Å²) >= 11 is 0. The Morgan fingerprint density at radius 2 is 1.42 bits per heavy atom. The summed E-state index contributed by atoms with van der Waals surface area (Å²) in [4.78, 5) is 39.2. The van der Waals surface area contributed by atoms with Gasteiger partial charge in [0.15, 0.2) is 0 Å². The third kappa shape index (κ3) is 8.16. The van der Waals surface area contributed by atoms with E-state index in [0.717, 1.165) is 56.3 Å². The topological polar surface area (TPSA) is 63.7 Å². The Bertz CT molecular complexity index is 833. The molecule has 0 radical (unpaired) electrons. The van der Waals surface area contributed by atoms with Crippen LogP contribution >= 0.6 is 0 Å². The van der Waals surface area contributed by atoms with Crippen molar-refractivity contribution >= 4 is 17.8 Å². The summed E-state index contributed by atoms with van der Waals surface area (Å²) < 4.78 is 5.18. The van der Waals surface area contributed by atoms with Crippen molar-refractivity contribution in [2.24, 2.45) is 0 Å². The molecule has 1 heterocycles. The molecule has 1 unspecified atom stereocenters. The van der Waals surface area contributed by atoms with Crippen LogP contribution < -0.4 is 0 Å². The minimum absolute atomic E-state index is 0.218. The Labute approximate surface area is 198 Å². The van der Waals surface area contributed by atoms with E-state index in [2.05, 4.69) is 43.4 Å². The first-order chi connectivity index (χ1) is 16.1. The maximum atomic E-state index is 12.8. The van der Waals surface area contributed by atoms with Crippen LogP contribution in [-0.2, 0) is 9.53 Å². The number of rotatable bonds is 15. The molecule has 0 N–H and O–H groups in total. The molecule has 1 atom stereocenters. The first-order valence-electron chi connectivity index (χ1n) is 12.2. The SMILES string of the molecule is CC/C=C\C/C=C\C/C=C\CCCCCCC(C(=O)OCC)N1C(=O)c2ccccc2C1=O. The van der Waals surface area contributed by atoms with Gasteiger partial charge in [0.05, 0.1) is 17.7 Å². The highest BCUT2D eigenvalue weighted by Gasteiger charge is 2.42. The van der Waals surface area contributed by atoms with E-state index in [-0.39, 0.29) is 6.61 Å². The summed E-state index contributed by atoms with van der Waals surface area (Å²) in [7, 11) is 0. The third-order valence-electron chi connectivity index (χ3n) is 5.57. The Balaban J connectivity index is 1.74. The zero-order chi connectivity index (χ0) is 23.9. The smallest absolute Gasteiger partial charge is 0.329 e. The van der Waals surface area contributed by atoms with Crippen LogP contribution in [0.5, 0.6) is 0 Å². The van der Waals surface area contributed by atoms with Crippen LogP contribution in [0.15, 0.2) is 60.7 Å². The van der Waals surface area contributed by atoms with Crippen molar-refractivity contribution in [3.63, 3.8) is 0 Å². The maximum absolute atomic E-state index is 12.8. The number of hydrogen-bond acceptors (Lipinski definition) is 4. The third-order valence-corrected chi connectivity index (χ3v) is 5.57. The normalized spacial score (nSPS) is 14.7. The number of carbonyl (C=O) groups is 3. The molecule has 0 bridgehead atoms. The second kappa shape index (κ2) is 15.0. The molecule has 1 aliphatic heterocycles. The lowest BCUT2D eigenvalue weighted by Crippen LogP contribution is -2.45. The van der Waals surface area contributed by atoms with E-state index in [1.54, 1.807) is 31.2 Å². The molecule has 2 amide bonds. The van der Waals surface area contributed by atoms with Crippen LogP contribution in [0.25, 0.3) is 0 Å². The van der Waals surface area contributed by atoms with Crippen molar-refractivity contribution in [2.75, 3.05) is 6.61 Å². The number of ether oxygens (including phenoxy) is 1.